The molecule has 0 spiro atoms. The van der Waals surface area contributed by atoms with Gasteiger partial charge in [0.15, 0.2) is 5.17 Å². The van der Waals surface area contributed by atoms with Crippen LogP contribution in [0.3, 0.4) is 0 Å². The van der Waals surface area contributed by atoms with Crippen LogP contribution in [-0.2, 0) is 9.53 Å². The van der Waals surface area contributed by atoms with Crippen LogP contribution in [0.4, 0.5) is 5.69 Å². The van der Waals surface area contributed by atoms with Crippen molar-refractivity contribution in [3.05, 3.63) is 51.2 Å². The van der Waals surface area contributed by atoms with E-state index in [1.165, 1.54) is 19.2 Å². The molecule has 24 heavy (non-hydrogen) atoms. The van der Waals surface area contributed by atoms with Crippen LogP contribution in [-0.4, -0.2) is 40.4 Å². The number of amidine groups is 1. The van der Waals surface area contributed by atoms with Gasteiger partial charge in [0.05, 0.1) is 29.3 Å². The largest absolute Gasteiger partial charge is 0.466 e. The number of fused-ring (bicyclic) bond motifs is 1. The van der Waals surface area contributed by atoms with Crippen LogP contribution in [0.2, 0.25) is 0 Å². The van der Waals surface area contributed by atoms with E-state index in [9.17, 15) is 14.9 Å². The summed E-state index contributed by atoms with van der Waals surface area (Å²) in [5, 5.41) is 12.0. The van der Waals surface area contributed by atoms with Gasteiger partial charge in [-0.1, -0.05) is 23.9 Å². The average Bonchev–Trinajstić information content (AvgIpc) is 2.60. The molecule has 1 saturated heterocycles. The molecule has 0 N–H and O–H groups in total. The van der Waals surface area contributed by atoms with Gasteiger partial charge in [0.2, 0.25) is 0 Å². The minimum Gasteiger partial charge on any atom is -0.466 e. The van der Waals surface area contributed by atoms with Gasteiger partial charge in [0, 0.05) is 24.4 Å². The lowest BCUT2D eigenvalue weighted by molar-refractivity contribution is -0.384. The first-order valence-electron chi connectivity index (χ1n) is 7.54. The van der Waals surface area contributed by atoms with Gasteiger partial charge in [-0.3, -0.25) is 10.1 Å². The lowest BCUT2D eigenvalue weighted by atomic mass is 9.94. The maximum absolute atomic E-state index is 12.3. The number of nitro groups is 1. The average molecular weight is 347 g/mol. The number of hydrogen-bond acceptors (Lipinski definition) is 7. The van der Waals surface area contributed by atoms with E-state index < -0.39 is 16.9 Å². The van der Waals surface area contributed by atoms with Crippen LogP contribution in [0.15, 0.2) is 40.5 Å². The van der Waals surface area contributed by atoms with Crippen molar-refractivity contribution in [3.8, 4) is 0 Å². The monoisotopic (exact) mass is 347 g/mol. The van der Waals surface area contributed by atoms with Gasteiger partial charge in [-0.05, 0) is 18.9 Å². The van der Waals surface area contributed by atoms with E-state index in [1.54, 1.807) is 30.8 Å². The second-order valence-electron chi connectivity index (χ2n) is 5.54. The molecule has 0 bridgehead atoms. The minimum atomic E-state index is -0.456. The van der Waals surface area contributed by atoms with Gasteiger partial charge in [-0.25, -0.2) is 9.79 Å². The number of nitro benzene ring substituents is 1. The Morgan fingerprint density at radius 1 is 1.50 bits per heavy atom. The topological polar surface area (TPSA) is 85.0 Å². The number of benzene rings is 1. The highest BCUT2D eigenvalue weighted by Crippen LogP contribution is 2.40. The van der Waals surface area contributed by atoms with E-state index in [0.717, 1.165) is 23.9 Å². The molecule has 1 aromatic rings. The van der Waals surface area contributed by atoms with Crippen molar-refractivity contribution in [1.82, 2.24) is 4.90 Å². The third-order valence-corrected chi connectivity index (χ3v) is 5.14. The molecule has 0 unspecified atom stereocenters. The number of rotatable bonds is 3. The molecule has 0 aliphatic carbocycles. The first kappa shape index (κ1) is 16.5. The van der Waals surface area contributed by atoms with Crippen molar-refractivity contribution in [2.45, 2.75) is 19.4 Å². The Hall–Kier alpha value is -2.35. The molecule has 1 aromatic carbocycles. The normalized spacial score (nSPS) is 20.3. The molecular formula is C16H17N3O4S. The zero-order valence-electron chi connectivity index (χ0n) is 13.4. The van der Waals surface area contributed by atoms with E-state index in [1.807, 2.05) is 4.90 Å². The smallest absolute Gasteiger partial charge is 0.338 e. The SMILES string of the molecule is COC(=O)C1=C(C)N=C2SCCCN2[C@@H]1c1cccc([N+](=O)[O-])c1. The fourth-order valence-electron chi connectivity index (χ4n) is 2.99. The lowest BCUT2D eigenvalue weighted by Crippen LogP contribution is -2.42. The molecule has 8 heteroatoms. The molecule has 2 aliphatic rings. The third-order valence-electron chi connectivity index (χ3n) is 4.06. The number of allylic oxidation sites excluding steroid dienone is 1. The Bertz CT molecular complexity index is 759. The number of carbonyl (C=O) groups is 1. The van der Waals surface area contributed by atoms with Crippen molar-refractivity contribution >= 4 is 28.6 Å². The molecule has 0 aromatic heterocycles. The fraction of sp³-hybridized carbons (Fsp3) is 0.375. The first-order chi connectivity index (χ1) is 11.5. The molecule has 2 aliphatic heterocycles. The Balaban J connectivity index is 2.14. The lowest BCUT2D eigenvalue weighted by Gasteiger charge is -2.40. The standard InChI is InChI=1S/C16H17N3O4S/c1-10-13(15(20)23-2)14(18-7-4-8-24-16(18)17-10)11-5-3-6-12(9-11)19(21)22/h3,5-6,9,14H,4,7-8H2,1-2H3/t14-/m1/s1. The number of methoxy groups -OCH3 is 1. The summed E-state index contributed by atoms with van der Waals surface area (Å²) in [5.41, 5.74) is 1.73. The molecule has 0 amide bonds. The molecule has 7 nitrogen and oxygen atoms in total. The van der Waals surface area contributed by atoms with Crippen molar-refractivity contribution in [2.24, 2.45) is 4.99 Å². The van der Waals surface area contributed by atoms with E-state index in [2.05, 4.69) is 4.99 Å². The summed E-state index contributed by atoms with van der Waals surface area (Å²) in [5.74, 6) is 0.514. The molecular weight excluding hydrogens is 330 g/mol. The summed E-state index contributed by atoms with van der Waals surface area (Å²) >= 11 is 1.64. The number of ether oxygens (including phenoxy) is 1. The number of esters is 1. The Labute approximate surface area is 143 Å². The number of nitrogens with zero attached hydrogens (tertiary/aromatic N) is 3. The fourth-order valence-corrected chi connectivity index (χ4v) is 4.01. The Kier molecular flexibility index (Phi) is 4.57. The van der Waals surface area contributed by atoms with Crippen LogP contribution in [0.1, 0.15) is 24.9 Å². The van der Waals surface area contributed by atoms with Crippen molar-refractivity contribution in [2.75, 3.05) is 19.4 Å². The second kappa shape index (κ2) is 6.64. The molecule has 0 saturated carbocycles. The van der Waals surface area contributed by atoms with Gasteiger partial charge in [-0.2, -0.15) is 0 Å². The molecule has 1 fully saturated rings. The number of carbonyl (C=O) groups excluding carboxylic acids is 1. The van der Waals surface area contributed by atoms with Gasteiger partial charge in [0.25, 0.3) is 5.69 Å². The maximum atomic E-state index is 12.3. The van der Waals surface area contributed by atoms with E-state index in [0.29, 0.717) is 16.8 Å². The van der Waals surface area contributed by atoms with E-state index >= 15 is 0 Å². The predicted molar refractivity (Wildman–Crippen MR) is 91.8 cm³/mol. The first-order valence-corrected chi connectivity index (χ1v) is 8.53. The summed E-state index contributed by atoms with van der Waals surface area (Å²) in [4.78, 5) is 29.6. The Morgan fingerprint density at radius 2 is 2.29 bits per heavy atom. The maximum Gasteiger partial charge on any atom is 0.338 e. The number of hydrogen-bond donors (Lipinski definition) is 0. The molecule has 2 heterocycles. The van der Waals surface area contributed by atoms with Crippen LogP contribution < -0.4 is 0 Å². The van der Waals surface area contributed by atoms with Crippen LogP contribution in [0.5, 0.6) is 0 Å². The highest BCUT2D eigenvalue weighted by Gasteiger charge is 2.38. The molecule has 126 valence electrons. The Morgan fingerprint density at radius 3 is 3.00 bits per heavy atom. The van der Waals surface area contributed by atoms with Gasteiger partial charge < -0.3 is 9.64 Å². The summed E-state index contributed by atoms with van der Waals surface area (Å²) in [6, 6.07) is 5.98. The highest BCUT2D eigenvalue weighted by atomic mass is 32.2. The van der Waals surface area contributed by atoms with Crippen LogP contribution in [0, 0.1) is 10.1 Å². The number of thioether (sulfide) groups is 1. The van der Waals surface area contributed by atoms with Crippen molar-refractivity contribution in [3.63, 3.8) is 0 Å². The van der Waals surface area contributed by atoms with Gasteiger partial charge >= 0.3 is 5.97 Å². The predicted octanol–water partition coefficient (Wildman–Crippen LogP) is 2.89. The summed E-state index contributed by atoms with van der Waals surface area (Å²) in [6.45, 7) is 2.52. The third kappa shape index (κ3) is 2.89. The van der Waals surface area contributed by atoms with Crippen molar-refractivity contribution in [1.29, 1.82) is 0 Å². The van der Waals surface area contributed by atoms with E-state index in [4.69, 9.17) is 4.74 Å². The summed E-state index contributed by atoms with van der Waals surface area (Å²) in [7, 11) is 1.33. The highest BCUT2D eigenvalue weighted by molar-refractivity contribution is 8.13. The minimum absolute atomic E-state index is 0.00286. The quantitative estimate of drug-likeness (QED) is 0.475. The van der Waals surface area contributed by atoms with Gasteiger partial charge in [-0.15, -0.1) is 0 Å². The van der Waals surface area contributed by atoms with Gasteiger partial charge in [0.1, 0.15) is 0 Å². The number of non-ortho nitro benzene ring substituents is 1. The second-order valence-corrected chi connectivity index (χ2v) is 6.60. The number of aliphatic imine (C=N–C) groups is 1. The zero-order valence-corrected chi connectivity index (χ0v) is 14.2. The summed E-state index contributed by atoms with van der Waals surface area (Å²) < 4.78 is 4.94. The van der Waals surface area contributed by atoms with Crippen molar-refractivity contribution < 1.29 is 14.5 Å². The summed E-state index contributed by atoms with van der Waals surface area (Å²) in [6.07, 6.45) is 0.961. The molecule has 3 rings (SSSR count). The van der Waals surface area contributed by atoms with Crippen LogP contribution in [0.25, 0.3) is 0 Å². The van der Waals surface area contributed by atoms with Crippen LogP contribution >= 0.6 is 11.8 Å². The molecule has 1 atom stereocenters. The van der Waals surface area contributed by atoms with E-state index in [-0.39, 0.29) is 5.69 Å². The zero-order chi connectivity index (χ0) is 17.3. The molecule has 0 radical (unpaired) electrons.